The number of methoxy groups -OCH3 is 1. The molecule has 4 aromatic rings. The number of fused-ring (bicyclic) bond motifs is 1. The van der Waals surface area contributed by atoms with Gasteiger partial charge in [-0.3, -0.25) is 9.48 Å². The number of carbonyl (C=O) groups excluding carboxylic acids is 1. The molecule has 0 atom stereocenters. The SMILES string of the molecule is COc1ccc(Cn2nc(CSC(C)=O)cc2CSc2ccc3ccccc3c2)cc1. The van der Waals surface area contributed by atoms with E-state index in [-0.39, 0.29) is 5.12 Å². The topological polar surface area (TPSA) is 44.1 Å². The second kappa shape index (κ2) is 10.1. The zero-order valence-electron chi connectivity index (χ0n) is 17.6. The summed E-state index contributed by atoms with van der Waals surface area (Å²) in [5.74, 6) is 2.25. The molecule has 0 spiro atoms. The lowest BCUT2D eigenvalue weighted by Crippen LogP contribution is -2.06. The minimum atomic E-state index is 0.108. The van der Waals surface area contributed by atoms with Crippen LogP contribution in [0.4, 0.5) is 0 Å². The van der Waals surface area contributed by atoms with E-state index in [2.05, 4.69) is 60.7 Å². The number of thioether (sulfide) groups is 2. The Balaban J connectivity index is 1.53. The van der Waals surface area contributed by atoms with Gasteiger partial charge in [0, 0.05) is 29.0 Å². The van der Waals surface area contributed by atoms with Crippen molar-refractivity contribution in [2.45, 2.75) is 29.9 Å². The van der Waals surface area contributed by atoms with Gasteiger partial charge in [-0.15, -0.1) is 11.8 Å². The minimum Gasteiger partial charge on any atom is -0.497 e. The van der Waals surface area contributed by atoms with Crippen molar-refractivity contribution in [3.05, 3.63) is 89.7 Å². The molecule has 0 unspecified atom stereocenters. The van der Waals surface area contributed by atoms with Crippen LogP contribution in [0.5, 0.6) is 5.75 Å². The highest BCUT2D eigenvalue weighted by Crippen LogP contribution is 2.28. The molecule has 0 fully saturated rings. The molecule has 1 aromatic heterocycles. The monoisotopic (exact) mass is 448 g/mol. The molecule has 0 aliphatic rings. The summed E-state index contributed by atoms with van der Waals surface area (Å²) in [6.45, 7) is 2.28. The first kappa shape index (κ1) is 21.5. The average Bonchev–Trinajstić information content (AvgIpc) is 3.18. The van der Waals surface area contributed by atoms with E-state index in [1.54, 1.807) is 25.8 Å². The Morgan fingerprint density at radius 2 is 1.74 bits per heavy atom. The molecule has 3 aromatic carbocycles. The van der Waals surface area contributed by atoms with Gasteiger partial charge in [0.05, 0.1) is 19.3 Å². The van der Waals surface area contributed by atoms with Crippen LogP contribution in [0.15, 0.2) is 77.7 Å². The van der Waals surface area contributed by atoms with Crippen molar-refractivity contribution in [1.29, 1.82) is 0 Å². The van der Waals surface area contributed by atoms with Crippen molar-refractivity contribution in [3.8, 4) is 5.75 Å². The first-order chi connectivity index (χ1) is 15.1. The van der Waals surface area contributed by atoms with E-state index in [0.29, 0.717) is 12.3 Å². The molecule has 0 bridgehead atoms. The highest BCUT2D eigenvalue weighted by molar-refractivity contribution is 8.12. The van der Waals surface area contributed by atoms with Crippen LogP contribution < -0.4 is 4.74 Å². The normalized spacial score (nSPS) is 11.0. The van der Waals surface area contributed by atoms with Crippen molar-refractivity contribution in [1.82, 2.24) is 9.78 Å². The van der Waals surface area contributed by atoms with Crippen LogP contribution in [-0.4, -0.2) is 22.0 Å². The molecular formula is C25H24N2O2S2. The fourth-order valence-electron chi connectivity index (χ4n) is 3.33. The maximum atomic E-state index is 11.4. The molecule has 158 valence electrons. The molecule has 0 aliphatic heterocycles. The van der Waals surface area contributed by atoms with Crippen molar-refractivity contribution in [2.75, 3.05) is 7.11 Å². The van der Waals surface area contributed by atoms with Gasteiger partial charge < -0.3 is 4.74 Å². The molecule has 0 radical (unpaired) electrons. The van der Waals surface area contributed by atoms with Crippen LogP contribution in [0, 0.1) is 0 Å². The van der Waals surface area contributed by atoms with Gasteiger partial charge in [0.15, 0.2) is 5.12 Å². The lowest BCUT2D eigenvalue weighted by molar-refractivity contribution is -0.109. The van der Waals surface area contributed by atoms with Gasteiger partial charge >= 0.3 is 0 Å². The fourth-order valence-corrected chi connectivity index (χ4v) is 4.75. The number of carbonyl (C=O) groups is 1. The Hall–Kier alpha value is -2.70. The third-order valence-corrected chi connectivity index (χ3v) is 6.81. The Morgan fingerprint density at radius 1 is 0.968 bits per heavy atom. The number of aromatic nitrogens is 2. The quantitative estimate of drug-likeness (QED) is 0.302. The highest BCUT2D eigenvalue weighted by atomic mass is 32.2. The number of nitrogens with zero attached hydrogens (tertiary/aromatic N) is 2. The van der Waals surface area contributed by atoms with Gasteiger partial charge in [-0.2, -0.15) is 5.10 Å². The summed E-state index contributed by atoms with van der Waals surface area (Å²) in [6, 6.07) is 25.2. The minimum absolute atomic E-state index is 0.108. The van der Waals surface area contributed by atoms with Crippen LogP contribution in [0.1, 0.15) is 23.9 Å². The predicted octanol–water partition coefficient (Wildman–Crippen LogP) is 6.17. The zero-order valence-corrected chi connectivity index (χ0v) is 19.2. The molecule has 0 saturated carbocycles. The summed E-state index contributed by atoms with van der Waals surface area (Å²) in [7, 11) is 1.67. The van der Waals surface area contributed by atoms with Gasteiger partial charge in [0.1, 0.15) is 5.75 Å². The van der Waals surface area contributed by atoms with Gasteiger partial charge in [-0.1, -0.05) is 54.2 Å². The Labute approximate surface area is 191 Å². The number of hydrogen-bond donors (Lipinski definition) is 0. The van der Waals surface area contributed by atoms with E-state index >= 15 is 0 Å². The number of ether oxygens (including phenoxy) is 1. The maximum absolute atomic E-state index is 11.4. The summed E-state index contributed by atoms with van der Waals surface area (Å²) in [5.41, 5.74) is 3.24. The summed E-state index contributed by atoms with van der Waals surface area (Å²) in [4.78, 5) is 12.6. The molecule has 4 rings (SSSR count). The zero-order chi connectivity index (χ0) is 21.6. The molecule has 0 saturated heterocycles. The van der Waals surface area contributed by atoms with Crippen LogP contribution >= 0.6 is 23.5 Å². The largest absolute Gasteiger partial charge is 0.497 e. The first-order valence-electron chi connectivity index (χ1n) is 10.0. The van der Waals surface area contributed by atoms with Crippen molar-refractivity contribution >= 4 is 39.4 Å². The second-order valence-electron chi connectivity index (χ2n) is 7.21. The first-order valence-corrected chi connectivity index (χ1v) is 12.0. The van der Waals surface area contributed by atoms with Gasteiger partial charge in [0.2, 0.25) is 0 Å². The van der Waals surface area contributed by atoms with E-state index < -0.39 is 0 Å². The van der Waals surface area contributed by atoms with Crippen molar-refractivity contribution in [2.24, 2.45) is 0 Å². The molecule has 0 aliphatic carbocycles. The van der Waals surface area contributed by atoms with Gasteiger partial charge in [-0.25, -0.2) is 0 Å². The second-order valence-corrected chi connectivity index (χ2v) is 9.41. The summed E-state index contributed by atoms with van der Waals surface area (Å²) in [5, 5.41) is 7.39. The van der Waals surface area contributed by atoms with Gasteiger partial charge in [0.25, 0.3) is 0 Å². The fraction of sp³-hybridized carbons (Fsp3) is 0.200. The smallest absolute Gasteiger partial charge is 0.186 e. The average molecular weight is 449 g/mol. The Bertz CT molecular complexity index is 1190. The van der Waals surface area contributed by atoms with Crippen LogP contribution in [0.3, 0.4) is 0 Å². The summed E-state index contributed by atoms with van der Waals surface area (Å²) >= 11 is 3.10. The van der Waals surface area contributed by atoms with Crippen LogP contribution in [-0.2, 0) is 22.8 Å². The van der Waals surface area contributed by atoms with E-state index in [4.69, 9.17) is 9.84 Å². The van der Waals surface area contributed by atoms with E-state index in [9.17, 15) is 4.79 Å². The van der Waals surface area contributed by atoms with Gasteiger partial charge in [-0.05, 0) is 46.7 Å². The Kier molecular flexibility index (Phi) is 6.99. The van der Waals surface area contributed by atoms with Crippen LogP contribution in [0.2, 0.25) is 0 Å². The molecule has 1 heterocycles. The predicted molar refractivity (Wildman–Crippen MR) is 130 cm³/mol. The molecule has 6 heteroatoms. The van der Waals surface area contributed by atoms with E-state index in [1.165, 1.54) is 27.4 Å². The lowest BCUT2D eigenvalue weighted by Gasteiger charge is -2.09. The van der Waals surface area contributed by atoms with Crippen molar-refractivity contribution in [3.63, 3.8) is 0 Å². The summed E-state index contributed by atoms with van der Waals surface area (Å²) in [6.07, 6.45) is 0. The molecule has 0 amide bonds. The third-order valence-electron chi connectivity index (χ3n) is 4.94. The molecule has 0 N–H and O–H groups in total. The highest BCUT2D eigenvalue weighted by Gasteiger charge is 2.11. The van der Waals surface area contributed by atoms with Crippen LogP contribution in [0.25, 0.3) is 10.8 Å². The maximum Gasteiger partial charge on any atom is 0.186 e. The molecule has 4 nitrogen and oxygen atoms in total. The Morgan fingerprint density at radius 3 is 2.48 bits per heavy atom. The summed E-state index contributed by atoms with van der Waals surface area (Å²) < 4.78 is 7.31. The number of hydrogen-bond acceptors (Lipinski definition) is 5. The van der Waals surface area contributed by atoms with E-state index in [1.807, 2.05) is 16.8 Å². The van der Waals surface area contributed by atoms with Crippen molar-refractivity contribution < 1.29 is 9.53 Å². The third kappa shape index (κ3) is 5.71. The lowest BCUT2D eigenvalue weighted by atomic mass is 10.1. The van der Waals surface area contributed by atoms with E-state index in [0.717, 1.165) is 28.5 Å². The molecule has 31 heavy (non-hydrogen) atoms. The molecular weight excluding hydrogens is 424 g/mol. The number of benzene rings is 3. The number of rotatable bonds is 8. The standard InChI is InChI=1S/C25H24N2O2S2/c1-18(28)30-16-22-14-23(27(26-22)15-19-7-10-24(29-2)11-8-19)17-31-25-12-9-20-5-3-4-6-21(20)13-25/h3-14H,15-17H2,1-2H3.